The molecule has 0 aliphatic rings. The van der Waals surface area contributed by atoms with E-state index in [0.717, 1.165) is 29.5 Å². The molecular formula is C12H9F2NO4S2. The zero-order valence-electron chi connectivity index (χ0n) is 10.6. The summed E-state index contributed by atoms with van der Waals surface area (Å²) in [6, 6.07) is 3.57. The van der Waals surface area contributed by atoms with Gasteiger partial charge in [0.25, 0.3) is 10.0 Å². The number of aromatic carboxylic acids is 1. The lowest BCUT2D eigenvalue weighted by molar-refractivity contribution is 0.0702. The van der Waals surface area contributed by atoms with Crippen molar-refractivity contribution in [2.75, 3.05) is 4.72 Å². The third kappa shape index (κ3) is 3.19. The van der Waals surface area contributed by atoms with Crippen molar-refractivity contribution < 1.29 is 27.1 Å². The molecule has 0 saturated heterocycles. The van der Waals surface area contributed by atoms with Crippen LogP contribution in [0.25, 0.3) is 0 Å². The maximum atomic E-state index is 13.1. The predicted molar refractivity (Wildman–Crippen MR) is 73.2 cm³/mol. The SMILES string of the molecule is Cc1sc(C(=O)O)cc1S(=O)(=O)Nc1ccc(F)c(F)c1. The first-order valence-electron chi connectivity index (χ1n) is 5.52. The molecule has 0 bridgehead atoms. The van der Waals surface area contributed by atoms with Crippen molar-refractivity contribution in [2.45, 2.75) is 11.8 Å². The van der Waals surface area contributed by atoms with Gasteiger partial charge in [-0.05, 0) is 25.1 Å². The van der Waals surface area contributed by atoms with Crippen LogP contribution in [0.3, 0.4) is 0 Å². The molecule has 0 amide bonds. The molecule has 1 heterocycles. The van der Waals surface area contributed by atoms with E-state index >= 15 is 0 Å². The Morgan fingerprint density at radius 3 is 2.43 bits per heavy atom. The lowest BCUT2D eigenvalue weighted by Crippen LogP contribution is -2.13. The van der Waals surface area contributed by atoms with E-state index in [-0.39, 0.29) is 20.3 Å². The van der Waals surface area contributed by atoms with E-state index in [4.69, 9.17) is 5.11 Å². The van der Waals surface area contributed by atoms with Gasteiger partial charge in [-0.15, -0.1) is 11.3 Å². The Balaban J connectivity index is 2.38. The van der Waals surface area contributed by atoms with Crippen LogP contribution in [-0.4, -0.2) is 19.5 Å². The highest BCUT2D eigenvalue weighted by atomic mass is 32.2. The van der Waals surface area contributed by atoms with Gasteiger partial charge in [0.2, 0.25) is 0 Å². The van der Waals surface area contributed by atoms with Crippen LogP contribution in [0.15, 0.2) is 29.2 Å². The molecule has 0 saturated carbocycles. The predicted octanol–water partition coefficient (Wildman–Crippen LogP) is 2.83. The van der Waals surface area contributed by atoms with Crippen molar-refractivity contribution in [2.24, 2.45) is 0 Å². The monoisotopic (exact) mass is 333 g/mol. The first-order chi connectivity index (χ1) is 9.70. The zero-order valence-corrected chi connectivity index (χ0v) is 12.2. The molecule has 112 valence electrons. The van der Waals surface area contributed by atoms with Gasteiger partial charge in [-0.3, -0.25) is 4.72 Å². The number of halogens is 2. The number of thiophene rings is 1. The normalized spacial score (nSPS) is 11.4. The van der Waals surface area contributed by atoms with Gasteiger partial charge in [0.05, 0.1) is 5.69 Å². The fourth-order valence-corrected chi connectivity index (χ4v) is 4.09. The molecule has 9 heteroatoms. The highest BCUT2D eigenvalue weighted by molar-refractivity contribution is 7.93. The first-order valence-corrected chi connectivity index (χ1v) is 7.82. The molecule has 0 atom stereocenters. The molecule has 1 aromatic carbocycles. The fraction of sp³-hybridized carbons (Fsp3) is 0.0833. The van der Waals surface area contributed by atoms with Crippen LogP contribution < -0.4 is 4.72 Å². The third-order valence-electron chi connectivity index (χ3n) is 2.54. The maximum Gasteiger partial charge on any atom is 0.345 e. The van der Waals surface area contributed by atoms with Gasteiger partial charge >= 0.3 is 5.97 Å². The standard InChI is InChI=1S/C12H9F2NO4S2/c1-6-11(5-10(20-6)12(16)17)21(18,19)15-7-2-3-8(13)9(14)4-7/h2-5,15H,1H3,(H,16,17). The van der Waals surface area contributed by atoms with Gasteiger partial charge in [-0.25, -0.2) is 22.0 Å². The zero-order chi connectivity index (χ0) is 15.8. The summed E-state index contributed by atoms with van der Waals surface area (Å²) in [7, 11) is -4.08. The minimum atomic E-state index is -4.08. The Kier molecular flexibility index (Phi) is 3.97. The van der Waals surface area contributed by atoms with E-state index in [1.165, 1.54) is 6.92 Å². The molecule has 21 heavy (non-hydrogen) atoms. The second-order valence-electron chi connectivity index (χ2n) is 4.07. The second-order valence-corrected chi connectivity index (χ2v) is 6.98. The molecule has 0 aliphatic carbocycles. The molecule has 2 rings (SSSR count). The van der Waals surface area contributed by atoms with Crippen LogP contribution in [0.2, 0.25) is 0 Å². The van der Waals surface area contributed by atoms with Crippen LogP contribution >= 0.6 is 11.3 Å². The molecule has 2 aromatic rings. The Labute approximate surface area is 122 Å². The molecule has 5 nitrogen and oxygen atoms in total. The van der Waals surface area contributed by atoms with Crippen molar-refractivity contribution in [3.63, 3.8) is 0 Å². The summed E-state index contributed by atoms with van der Waals surface area (Å²) < 4.78 is 52.2. The van der Waals surface area contributed by atoms with Gasteiger partial charge in [-0.1, -0.05) is 0 Å². The average molecular weight is 333 g/mol. The first kappa shape index (κ1) is 15.4. The van der Waals surface area contributed by atoms with Crippen molar-refractivity contribution in [3.8, 4) is 0 Å². The number of hydrogen-bond donors (Lipinski definition) is 2. The minimum Gasteiger partial charge on any atom is -0.477 e. The smallest absolute Gasteiger partial charge is 0.345 e. The Morgan fingerprint density at radius 2 is 1.90 bits per heavy atom. The molecular weight excluding hydrogens is 324 g/mol. The number of carboxylic acids is 1. The van der Waals surface area contributed by atoms with E-state index in [2.05, 4.69) is 4.72 Å². The highest BCUT2D eigenvalue weighted by Crippen LogP contribution is 2.27. The third-order valence-corrected chi connectivity index (χ3v) is 5.22. The van der Waals surface area contributed by atoms with Crippen LogP contribution in [0.1, 0.15) is 14.5 Å². The van der Waals surface area contributed by atoms with Crippen LogP contribution in [0.4, 0.5) is 14.5 Å². The van der Waals surface area contributed by atoms with Crippen molar-refractivity contribution in [1.82, 2.24) is 0 Å². The molecule has 0 unspecified atom stereocenters. The fourth-order valence-electron chi connectivity index (χ4n) is 1.61. The highest BCUT2D eigenvalue weighted by Gasteiger charge is 2.22. The lowest BCUT2D eigenvalue weighted by Gasteiger charge is -2.07. The van der Waals surface area contributed by atoms with Crippen molar-refractivity contribution in [1.29, 1.82) is 0 Å². The van der Waals surface area contributed by atoms with Crippen LogP contribution in [0.5, 0.6) is 0 Å². The Bertz CT molecular complexity index is 815. The van der Waals surface area contributed by atoms with Crippen LogP contribution in [0, 0.1) is 18.6 Å². The quantitative estimate of drug-likeness (QED) is 0.901. The maximum absolute atomic E-state index is 13.1. The van der Waals surface area contributed by atoms with Gasteiger partial charge in [-0.2, -0.15) is 0 Å². The van der Waals surface area contributed by atoms with Gasteiger partial charge in [0.15, 0.2) is 11.6 Å². The molecule has 0 aliphatic heterocycles. The van der Waals surface area contributed by atoms with Crippen molar-refractivity contribution in [3.05, 3.63) is 45.7 Å². The number of hydrogen-bond acceptors (Lipinski definition) is 4. The number of carbonyl (C=O) groups is 1. The number of benzene rings is 1. The number of sulfonamides is 1. The summed E-state index contributed by atoms with van der Waals surface area (Å²) in [5.74, 6) is -3.53. The topological polar surface area (TPSA) is 83.5 Å². The van der Waals surface area contributed by atoms with E-state index in [1.54, 1.807) is 0 Å². The summed E-state index contributed by atoms with van der Waals surface area (Å²) in [5.41, 5.74) is -0.156. The molecule has 0 fully saturated rings. The largest absolute Gasteiger partial charge is 0.477 e. The molecule has 0 radical (unpaired) electrons. The van der Waals surface area contributed by atoms with Crippen LogP contribution in [-0.2, 0) is 10.0 Å². The second kappa shape index (κ2) is 5.41. The Morgan fingerprint density at radius 1 is 1.24 bits per heavy atom. The van der Waals surface area contributed by atoms with E-state index in [1.807, 2.05) is 0 Å². The molecule has 1 aromatic heterocycles. The summed E-state index contributed by atoms with van der Waals surface area (Å²) >= 11 is 0.813. The summed E-state index contributed by atoms with van der Waals surface area (Å²) in [4.78, 5) is 10.8. The number of nitrogens with one attached hydrogen (secondary N) is 1. The summed E-state index contributed by atoms with van der Waals surface area (Å²) in [6.45, 7) is 1.46. The lowest BCUT2D eigenvalue weighted by atomic mass is 10.3. The number of carboxylic acid groups (broad SMARTS) is 1. The number of rotatable bonds is 4. The summed E-state index contributed by atoms with van der Waals surface area (Å²) in [5, 5.41) is 8.85. The van der Waals surface area contributed by atoms with Gasteiger partial charge in [0, 0.05) is 10.9 Å². The molecule has 2 N–H and O–H groups in total. The Hall–Kier alpha value is -2.00. The van der Waals surface area contributed by atoms with Crippen molar-refractivity contribution >= 4 is 33.0 Å². The number of aryl methyl sites for hydroxylation is 1. The minimum absolute atomic E-state index is 0.127. The number of anilines is 1. The average Bonchev–Trinajstić information content (AvgIpc) is 2.77. The van der Waals surface area contributed by atoms with E-state index in [0.29, 0.717) is 6.07 Å². The van der Waals surface area contributed by atoms with E-state index < -0.39 is 27.6 Å². The van der Waals surface area contributed by atoms with Gasteiger partial charge < -0.3 is 5.11 Å². The van der Waals surface area contributed by atoms with Gasteiger partial charge in [0.1, 0.15) is 9.77 Å². The summed E-state index contributed by atoms with van der Waals surface area (Å²) in [6.07, 6.45) is 0. The van der Waals surface area contributed by atoms with E-state index in [9.17, 15) is 22.0 Å². The molecule has 0 spiro atoms.